The zero-order valence-electron chi connectivity index (χ0n) is 13.2. The average molecular weight is 313 g/mol. The highest BCUT2D eigenvalue weighted by atomic mass is 16.5. The monoisotopic (exact) mass is 313 g/mol. The molecule has 0 unspecified atom stereocenters. The van der Waals surface area contributed by atoms with Gasteiger partial charge in [-0.2, -0.15) is 5.10 Å². The zero-order chi connectivity index (χ0) is 16.5. The summed E-state index contributed by atoms with van der Waals surface area (Å²) in [7, 11) is 1.58. The Kier molecular flexibility index (Phi) is 6.11. The van der Waals surface area contributed by atoms with Crippen molar-refractivity contribution in [3.63, 3.8) is 0 Å². The molecule has 1 heterocycles. The molecule has 0 aliphatic rings. The van der Waals surface area contributed by atoms with Gasteiger partial charge in [0.2, 0.25) is 0 Å². The van der Waals surface area contributed by atoms with E-state index in [2.05, 4.69) is 15.5 Å². The number of hydrogen-bond acceptors (Lipinski definition) is 5. The van der Waals surface area contributed by atoms with Crippen molar-refractivity contribution in [3.05, 3.63) is 53.9 Å². The van der Waals surface area contributed by atoms with E-state index in [1.807, 2.05) is 19.1 Å². The smallest absolute Gasteiger partial charge is 0.271 e. The molecule has 6 heteroatoms. The first-order valence-corrected chi connectivity index (χ1v) is 7.29. The SMILES string of the molecule is CCCOc1ccc(/C=N\NC(=O)c2ccncc2)cc1OC. The lowest BCUT2D eigenvalue weighted by molar-refractivity contribution is 0.0955. The van der Waals surface area contributed by atoms with Crippen molar-refractivity contribution in [1.29, 1.82) is 0 Å². The molecule has 6 nitrogen and oxygen atoms in total. The van der Waals surface area contributed by atoms with Crippen LogP contribution in [-0.4, -0.2) is 30.8 Å². The second-order valence-electron chi connectivity index (χ2n) is 4.69. The molecule has 0 spiro atoms. The van der Waals surface area contributed by atoms with Crippen LogP contribution >= 0.6 is 0 Å². The van der Waals surface area contributed by atoms with Gasteiger partial charge in [0, 0.05) is 18.0 Å². The maximum atomic E-state index is 11.8. The largest absolute Gasteiger partial charge is 0.493 e. The van der Waals surface area contributed by atoms with Gasteiger partial charge in [0.25, 0.3) is 5.91 Å². The van der Waals surface area contributed by atoms with E-state index >= 15 is 0 Å². The van der Waals surface area contributed by atoms with E-state index in [0.29, 0.717) is 23.7 Å². The number of carbonyl (C=O) groups is 1. The van der Waals surface area contributed by atoms with E-state index in [1.165, 1.54) is 0 Å². The molecule has 0 aliphatic carbocycles. The Morgan fingerprint density at radius 3 is 2.74 bits per heavy atom. The molecule has 0 bridgehead atoms. The summed E-state index contributed by atoms with van der Waals surface area (Å²) in [5, 5.41) is 3.94. The van der Waals surface area contributed by atoms with Crippen molar-refractivity contribution in [1.82, 2.24) is 10.4 Å². The van der Waals surface area contributed by atoms with Gasteiger partial charge in [0.1, 0.15) is 0 Å². The molecule has 0 radical (unpaired) electrons. The van der Waals surface area contributed by atoms with E-state index in [-0.39, 0.29) is 5.91 Å². The van der Waals surface area contributed by atoms with Crippen LogP contribution in [0.1, 0.15) is 29.3 Å². The molecule has 0 saturated carbocycles. The number of amides is 1. The van der Waals surface area contributed by atoms with Gasteiger partial charge >= 0.3 is 0 Å². The minimum atomic E-state index is -0.293. The number of aromatic nitrogens is 1. The number of rotatable bonds is 7. The summed E-state index contributed by atoms with van der Waals surface area (Å²) < 4.78 is 10.9. The summed E-state index contributed by atoms with van der Waals surface area (Å²) in [6.07, 6.45) is 5.58. The Morgan fingerprint density at radius 2 is 2.04 bits per heavy atom. The van der Waals surface area contributed by atoms with Crippen LogP contribution in [0.3, 0.4) is 0 Å². The number of nitrogens with one attached hydrogen (secondary N) is 1. The molecule has 2 rings (SSSR count). The molecule has 0 fully saturated rings. The molecular formula is C17H19N3O3. The molecule has 120 valence electrons. The van der Waals surface area contributed by atoms with Crippen LogP contribution in [-0.2, 0) is 0 Å². The fourth-order valence-electron chi connectivity index (χ4n) is 1.83. The second-order valence-corrected chi connectivity index (χ2v) is 4.69. The second kappa shape index (κ2) is 8.53. The van der Waals surface area contributed by atoms with Gasteiger partial charge in [-0.3, -0.25) is 9.78 Å². The van der Waals surface area contributed by atoms with Crippen LogP contribution in [0.5, 0.6) is 11.5 Å². The van der Waals surface area contributed by atoms with Crippen LogP contribution in [0.15, 0.2) is 47.8 Å². The van der Waals surface area contributed by atoms with Crippen molar-refractivity contribution in [2.24, 2.45) is 5.10 Å². The predicted octanol–water partition coefficient (Wildman–Crippen LogP) is 2.64. The Morgan fingerprint density at radius 1 is 1.26 bits per heavy atom. The molecule has 1 aromatic heterocycles. The Labute approximate surface area is 135 Å². The van der Waals surface area contributed by atoms with Crippen molar-refractivity contribution >= 4 is 12.1 Å². The predicted molar refractivity (Wildman–Crippen MR) is 88.1 cm³/mol. The molecule has 23 heavy (non-hydrogen) atoms. The fraction of sp³-hybridized carbons (Fsp3) is 0.235. The standard InChI is InChI=1S/C17H19N3O3/c1-3-10-23-15-5-4-13(11-16(15)22-2)12-19-20-17(21)14-6-8-18-9-7-14/h4-9,11-12H,3,10H2,1-2H3,(H,20,21)/b19-12-. The summed E-state index contributed by atoms with van der Waals surface area (Å²) in [5.41, 5.74) is 3.76. The van der Waals surface area contributed by atoms with Crippen LogP contribution in [0.2, 0.25) is 0 Å². The molecule has 2 aromatic rings. The van der Waals surface area contributed by atoms with E-state index in [0.717, 1.165) is 12.0 Å². The summed E-state index contributed by atoms with van der Waals surface area (Å²) >= 11 is 0. The van der Waals surface area contributed by atoms with Crippen molar-refractivity contribution in [2.45, 2.75) is 13.3 Å². The fourth-order valence-corrected chi connectivity index (χ4v) is 1.83. The van der Waals surface area contributed by atoms with E-state index in [9.17, 15) is 4.79 Å². The third-order valence-corrected chi connectivity index (χ3v) is 2.97. The summed E-state index contributed by atoms with van der Waals surface area (Å²) in [4.78, 5) is 15.7. The molecule has 0 aliphatic heterocycles. The lowest BCUT2D eigenvalue weighted by atomic mass is 10.2. The van der Waals surface area contributed by atoms with Gasteiger partial charge in [-0.25, -0.2) is 5.43 Å². The van der Waals surface area contributed by atoms with Crippen LogP contribution in [0.25, 0.3) is 0 Å². The Balaban J connectivity index is 2.00. The average Bonchev–Trinajstić information content (AvgIpc) is 2.61. The Hall–Kier alpha value is -2.89. The van der Waals surface area contributed by atoms with Gasteiger partial charge in [0.05, 0.1) is 19.9 Å². The van der Waals surface area contributed by atoms with Crippen molar-refractivity contribution in [3.8, 4) is 11.5 Å². The zero-order valence-corrected chi connectivity index (χ0v) is 13.2. The van der Waals surface area contributed by atoms with Crippen molar-refractivity contribution < 1.29 is 14.3 Å². The lowest BCUT2D eigenvalue weighted by Gasteiger charge is -2.10. The minimum Gasteiger partial charge on any atom is -0.493 e. The first-order valence-electron chi connectivity index (χ1n) is 7.29. The van der Waals surface area contributed by atoms with Gasteiger partial charge in [0.15, 0.2) is 11.5 Å². The van der Waals surface area contributed by atoms with Gasteiger partial charge in [-0.15, -0.1) is 0 Å². The molecule has 1 amide bonds. The third kappa shape index (κ3) is 4.81. The molecule has 1 N–H and O–H groups in total. The number of carbonyl (C=O) groups excluding carboxylic acids is 1. The molecule has 0 saturated heterocycles. The number of nitrogens with zero attached hydrogens (tertiary/aromatic N) is 2. The van der Waals surface area contributed by atoms with Gasteiger partial charge in [-0.1, -0.05) is 6.92 Å². The first kappa shape index (κ1) is 16.5. The highest BCUT2D eigenvalue weighted by molar-refractivity contribution is 5.94. The highest BCUT2D eigenvalue weighted by Crippen LogP contribution is 2.27. The summed E-state index contributed by atoms with van der Waals surface area (Å²) in [5.74, 6) is 1.02. The normalized spacial score (nSPS) is 10.5. The van der Waals surface area contributed by atoms with Gasteiger partial charge in [-0.05, 0) is 42.3 Å². The quantitative estimate of drug-likeness (QED) is 0.630. The molecule has 1 aromatic carbocycles. The van der Waals surface area contributed by atoms with Crippen LogP contribution in [0, 0.1) is 0 Å². The van der Waals surface area contributed by atoms with E-state index in [4.69, 9.17) is 9.47 Å². The van der Waals surface area contributed by atoms with Crippen molar-refractivity contribution in [2.75, 3.05) is 13.7 Å². The van der Waals surface area contributed by atoms with E-state index < -0.39 is 0 Å². The maximum Gasteiger partial charge on any atom is 0.271 e. The number of methoxy groups -OCH3 is 1. The lowest BCUT2D eigenvalue weighted by Crippen LogP contribution is -2.17. The van der Waals surface area contributed by atoms with Crippen LogP contribution < -0.4 is 14.9 Å². The topological polar surface area (TPSA) is 72.8 Å². The third-order valence-electron chi connectivity index (χ3n) is 2.97. The Bertz CT molecular complexity index is 672. The summed E-state index contributed by atoms with van der Waals surface area (Å²) in [6.45, 7) is 2.67. The van der Waals surface area contributed by atoms with E-state index in [1.54, 1.807) is 43.9 Å². The number of hydrogen-bond donors (Lipinski definition) is 1. The maximum absolute atomic E-state index is 11.8. The van der Waals surface area contributed by atoms with Gasteiger partial charge < -0.3 is 9.47 Å². The molecular weight excluding hydrogens is 294 g/mol. The highest BCUT2D eigenvalue weighted by Gasteiger charge is 2.05. The van der Waals surface area contributed by atoms with Crippen LogP contribution in [0.4, 0.5) is 0 Å². The number of pyridine rings is 1. The minimum absolute atomic E-state index is 0.293. The number of ether oxygens (including phenoxy) is 2. The number of benzene rings is 1. The summed E-state index contributed by atoms with van der Waals surface area (Å²) in [6, 6.07) is 8.70. The molecule has 0 atom stereocenters. The number of hydrazone groups is 1. The first-order chi connectivity index (χ1) is 11.2.